The van der Waals surface area contributed by atoms with Crippen LogP contribution in [0.5, 0.6) is 0 Å². The Balaban J connectivity index is 2.32. The summed E-state index contributed by atoms with van der Waals surface area (Å²) in [5.41, 5.74) is -0.367. The number of nitrogens with one attached hydrogen (secondary N) is 2. The third kappa shape index (κ3) is 5.06. The Kier molecular flexibility index (Phi) is 5.72. The smallest absolute Gasteiger partial charge is 0.305 e. The van der Waals surface area contributed by atoms with Crippen molar-refractivity contribution < 1.29 is 18.3 Å². The van der Waals surface area contributed by atoms with Crippen molar-refractivity contribution in [2.45, 2.75) is 25.3 Å². The van der Waals surface area contributed by atoms with Gasteiger partial charge in [-0.1, -0.05) is 6.92 Å². The van der Waals surface area contributed by atoms with Gasteiger partial charge < -0.3 is 15.7 Å². The number of carbonyl (C=O) groups is 1. The van der Waals surface area contributed by atoms with Crippen LogP contribution in [0.3, 0.4) is 0 Å². The van der Waals surface area contributed by atoms with Crippen LogP contribution in [-0.2, 0) is 14.8 Å². The molecule has 1 heterocycles. The molecule has 0 aromatic heterocycles. The number of carboxylic acid groups (broad SMARTS) is 1. The number of carboxylic acids is 1. The van der Waals surface area contributed by atoms with E-state index in [-0.39, 0.29) is 12.0 Å². The molecule has 0 radical (unpaired) electrons. The molecule has 7 nitrogen and oxygen atoms in total. The molecule has 19 heavy (non-hydrogen) atoms. The number of nitrogens with zero attached hydrogens (tertiary/aromatic N) is 1. The van der Waals surface area contributed by atoms with E-state index in [1.165, 1.54) is 10.6 Å². The van der Waals surface area contributed by atoms with Crippen LogP contribution in [0.4, 0.5) is 0 Å². The van der Waals surface area contributed by atoms with E-state index >= 15 is 0 Å². The molecule has 8 heteroatoms. The fourth-order valence-electron chi connectivity index (χ4n) is 2.20. The van der Waals surface area contributed by atoms with Crippen molar-refractivity contribution >= 4 is 16.0 Å². The molecule has 0 saturated carbocycles. The second-order valence-electron chi connectivity index (χ2n) is 4.99. The predicted octanol–water partition coefficient (Wildman–Crippen LogP) is -0.936. The van der Waals surface area contributed by atoms with Crippen LogP contribution in [0.2, 0.25) is 0 Å². The zero-order chi connectivity index (χ0) is 14.5. The average molecular weight is 293 g/mol. The number of sulfonamides is 1. The Bertz CT molecular complexity index is 406. The van der Waals surface area contributed by atoms with Crippen LogP contribution in [0.1, 0.15) is 19.8 Å². The first kappa shape index (κ1) is 16.4. The first-order valence-corrected chi connectivity index (χ1v) is 8.26. The Labute approximate surface area is 114 Å². The maximum atomic E-state index is 11.4. The molecule has 0 aromatic carbocycles. The van der Waals surface area contributed by atoms with Crippen molar-refractivity contribution in [3.05, 3.63) is 0 Å². The number of rotatable bonds is 9. The summed E-state index contributed by atoms with van der Waals surface area (Å²) in [6.07, 6.45) is 1.96. The van der Waals surface area contributed by atoms with Crippen molar-refractivity contribution in [1.29, 1.82) is 0 Å². The lowest BCUT2D eigenvalue weighted by atomic mass is 9.88. The van der Waals surface area contributed by atoms with Crippen molar-refractivity contribution in [3.8, 4) is 0 Å². The van der Waals surface area contributed by atoms with Crippen molar-refractivity contribution in [2.75, 3.05) is 39.0 Å². The fourth-order valence-corrected chi connectivity index (χ4v) is 3.13. The largest absolute Gasteiger partial charge is 0.481 e. The fraction of sp³-hybridized carbons (Fsp3) is 0.909. The highest BCUT2D eigenvalue weighted by Gasteiger charge is 2.38. The molecule has 1 aliphatic rings. The van der Waals surface area contributed by atoms with Crippen LogP contribution in [0.25, 0.3) is 0 Å². The second-order valence-corrected chi connectivity index (χ2v) is 6.97. The van der Waals surface area contributed by atoms with Gasteiger partial charge in [0.2, 0.25) is 10.0 Å². The molecule has 1 rings (SSSR count). The van der Waals surface area contributed by atoms with Gasteiger partial charge in [0.15, 0.2) is 0 Å². The summed E-state index contributed by atoms with van der Waals surface area (Å²) in [6.45, 7) is 4.61. The van der Waals surface area contributed by atoms with Crippen molar-refractivity contribution in [2.24, 2.45) is 0 Å². The maximum absolute atomic E-state index is 11.4. The molecule has 0 amide bonds. The van der Waals surface area contributed by atoms with E-state index < -0.39 is 16.0 Å². The van der Waals surface area contributed by atoms with E-state index in [1.807, 2.05) is 0 Å². The number of hydrogen-bond acceptors (Lipinski definition) is 5. The first-order valence-electron chi connectivity index (χ1n) is 6.42. The predicted molar refractivity (Wildman–Crippen MR) is 72.6 cm³/mol. The quantitative estimate of drug-likeness (QED) is 0.475. The third-order valence-corrected chi connectivity index (χ3v) is 4.70. The zero-order valence-corrected chi connectivity index (χ0v) is 12.3. The molecule has 1 fully saturated rings. The Hall–Kier alpha value is -0.700. The minimum Gasteiger partial charge on any atom is -0.481 e. The molecular formula is C11H23N3O4S. The van der Waals surface area contributed by atoms with Gasteiger partial charge in [0.1, 0.15) is 0 Å². The molecule has 0 spiro atoms. The van der Waals surface area contributed by atoms with Gasteiger partial charge in [-0.25, -0.2) is 12.7 Å². The summed E-state index contributed by atoms with van der Waals surface area (Å²) in [4.78, 5) is 10.8. The molecule has 0 aromatic rings. The van der Waals surface area contributed by atoms with E-state index in [4.69, 9.17) is 5.11 Å². The van der Waals surface area contributed by atoms with Gasteiger partial charge in [-0.15, -0.1) is 0 Å². The average Bonchev–Trinajstić information content (AvgIpc) is 2.22. The van der Waals surface area contributed by atoms with Gasteiger partial charge in [-0.05, 0) is 13.0 Å². The van der Waals surface area contributed by atoms with Gasteiger partial charge in [-0.3, -0.25) is 4.79 Å². The standard InChI is InChI=1S/C11H23N3O4S/c1-3-14(19(2,17)18)6-4-5-13-11(7-10(15)16)8-12-9-11/h12-13H,3-9H2,1-2H3,(H,15,16). The van der Waals surface area contributed by atoms with Crippen LogP contribution in [-0.4, -0.2) is 68.3 Å². The van der Waals surface area contributed by atoms with E-state index in [1.54, 1.807) is 6.92 Å². The summed E-state index contributed by atoms with van der Waals surface area (Å²) < 4.78 is 24.2. The van der Waals surface area contributed by atoms with Gasteiger partial charge in [0, 0.05) is 26.2 Å². The highest BCUT2D eigenvalue weighted by atomic mass is 32.2. The third-order valence-electron chi connectivity index (χ3n) is 3.32. The highest BCUT2D eigenvalue weighted by molar-refractivity contribution is 7.88. The first-order chi connectivity index (χ1) is 8.79. The summed E-state index contributed by atoms with van der Waals surface area (Å²) >= 11 is 0. The highest BCUT2D eigenvalue weighted by Crippen LogP contribution is 2.15. The van der Waals surface area contributed by atoms with Gasteiger partial charge in [0.25, 0.3) is 0 Å². The molecule has 112 valence electrons. The monoisotopic (exact) mass is 293 g/mol. The molecule has 0 atom stereocenters. The Morgan fingerprint density at radius 2 is 2.11 bits per heavy atom. The lowest BCUT2D eigenvalue weighted by Gasteiger charge is -2.42. The molecule has 0 unspecified atom stereocenters. The molecule has 1 aliphatic heterocycles. The minimum absolute atomic E-state index is 0.0869. The minimum atomic E-state index is -3.14. The van der Waals surface area contributed by atoms with E-state index in [2.05, 4.69) is 10.6 Å². The SMILES string of the molecule is CCN(CCCNC1(CC(=O)O)CNC1)S(C)(=O)=O. The summed E-state index contributed by atoms with van der Waals surface area (Å²) in [5.74, 6) is -0.819. The topological polar surface area (TPSA) is 98.7 Å². The summed E-state index contributed by atoms with van der Waals surface area (Å²) in [7, 11) is -3.14. The zero-order valence-electron chi connectivity index (χ0n) is 11.5. The lowest BCUT2D eigenvalue weighted by Crippen LogP contribution is -2.68. The molecule has 0 aliphatic carbocycles. The Morgan fingerprint density at radius 3 is 2.47 bits per heavy atom. The molecule has 3 N–H and O–H groups in total. The number of hydrogen-bond donors (Lipinski definition) is 3. The van der Waals surface area contributed by atoms with Crippen LogP contribution in [0.15, 0.2) is 0 Å². The normalized spacial score (nSPS) is 18.3. The van der Waals surface area contributed by atoms with Crippen LogP contribution in [0, 0.1) is 0 Å². The Morgan fingerprint density at radius 1 is 1.47 bits per heavy atom. The van der Waals surface area contributed by atoms with Gasteiger partial charge >= 0.3 is 5.97 Å². The van der Waals surface area contributed by atoms with Gasteiger partial charge in [0.05, 0.1) is 18.2 Å². The van der Waals surface area contributed by atoms with Crippen LogP contribution < -0.4 is 10.6 Å². The molecule has 1 saturated heterocycles. The van der Waals surface area contributed by atoms with Crippen LogP contribution >= 0.6 is 0 Å². The van der Waals surface area contributed by atoms with Crippen molar-refractivity contribution in [3.63, 3.8) is 0 Å². The number of aliphatic carboxylic acids is 1. The van der Waals surface area contributed by atoms with Gasteiger partial charge in [-0.2, -0.15) is 0 Å². The molecule has 0 bridgehead atoms. The van der Waals surface area contributed by atoms with E-state index in [0.29, 0.717) is 39.1 Å². The second kappa shape index (κ2) is 6.65. The van der Waals surface area contributed by atoms with Crippen molar-refractivity contribution in [1.82, 2.24) is 14.9 Å². The van der Waals surface area contributed by atoms with E-state index in [9.17, 15) is 13.2 Å². The maximum Gasteiger partial charge on any atom is 0.305 e. The molecular weight excluding hydrogens is 270 g/mol. The summed E-state index contributed by atoms with van der Waals surface area (Å²) in [5, 5.41) is 15.1. The summed E-state index contributed by atoms with van der Waals surface area (Å²) in [6, 6.07) is 0. The van der Waals surface area contributed by atoms with E-state index in [0.717, 1.165) is 0 Å². The lowest BCUT2D eigenvalue weighted by molar-refractivity contribution is -0.139.